The molecule has 58 valence electrons. The van der Waals surface area contributed by atoms with E-state index in [9.17, 15) is 14.7 Å². The molecule has 0 spiro atoms. The van der Waals surface area contributed by atoms with Crippen molar-refractivity contribution in [3.63, 3.8) is 0 Å². The van der Waals surface area contributed by atoms with Gasteiger partial charge in [0.05, 0.1) is 12.5 Å². The molecule has 0 bridgehead atoms. The molecule has 0 aromatic carbocycles. The number of hydrogen-bond acceptors (Lipinski definition) is 3. The summed E-state index contributed by atoms with van der Waals surface area (Å²) < 4.78 is 0. The van der Waals surface area contributed by atoms with Crippen LogP contribution in [0, 0.1) is 5.92 Å². The number of carboxylic acids is 1. The maximum absolute atomic E-state index is 10.6. The average Bonchev–Trinajstić information content (AvgIpc) is 1.82. The quantitative estimate of drug-likeness (QED) is 0.524. The van der Waals surface area contributed by atoms with E-state index >= 15 is 0 Å². The lowest BCUT2D eigenvalue weighted by Crippen LogP contribution is -2.39. The molecular weight excluding hydrogens is 134 g/mol. The third-order valence-corrected chi connectivity index (χ3v) is 0.931. The van der Waals surface area contributed by atoms with Crippen molar-refractivity contribution in [1.82, 2.24) is 5.32 Å². The van der Waals surface area contributed by atoms with Crippen molar-refractivity contribution in [3.05, 3.63) is 0 Å². The van der Waals surface area contributed by atoms with Crippen LogP contribution < -0.4 is 10.4 Å². The highest BCUT2D eigenvalue weighted by atomic mass is 16.4. The molecule has 0 saturated heterocycles. The van der Waals surface area contributed by atoms with Gasteiger partial charge >= 0.3 is 0 Å². The molecule has 1 N–H and O–H groups in total. The highest BCUT2D eigenvalue weighted by molar-refractivity contribution is 5.81. The Morgan fingerprint density at radius 2 is 2.00 bits per heavy atom. The Kier molecular flexibility index (Phi) is 3.46. The Morgan fingerprint density at radius 3 is 2.30 bits per heavy atom. The van der Waals surface area contributed by atoms with Crippen LogP contribution in [0.4, 0.5) is 0 Å². The Labute approximate surface area is 59.2 Å². The third kappa shape index (κ3) is 3.88. The number of carbonyl (C=O) groups is 2. The van der Waals surface area contributed by atoms with Gasteiger partial charge in [0.1, 0.15) is 0 Å². The van der Waals surface area contributed by atoms with E-state index in [1.807, 2.05) is 0 Å². The summed E-state index contributed by atoms with van der Waals surface area (Å²) in [6, 6.07) is 0. The number of rotatable bonds is 3. The normalized spacial score (nSPS) is 9.50. The molecule has 0 radical (unpaired) electrons. The van der Waals surface area contributed by atoms with Crippen LogP contribution in [0.1, 0.15) is 13.8 Å². The first kappa shape index (κ1) is 8.94. The second-order valence-electron chi connectivity index (χ2n) is 2.24. The van der Waals surface area contributed by atoms with Crippen molar-refractivity contribution < 1.29 is 14.7 Å². The minimum absolute atomic E-state index is 0.181. The summed E-state index contributed by atoms with van der Waals surface area (Å²) in [7, 11) is 0. The Bertz CT molecular complexity index is 142. The Hall–Kier alpha value is -1.06. The third-order valence-electron chi connectivity index (χ3n) is 0.931. The zero-order chi connectivity index (χ0) is 8.15. The summed E-state index contributed by atoms with van der Waals surface area (Å²) in [5.41, 5.74) is 0. The summed E-state index contributed by atoms with van der Waals surface area (Å²) in [6.07, 6.45) is 0. The van der Waals surface area contributed by atoms with E-state index in [0.29, 0.717) is 0 Å². The molecule has 0 aliphatic rings. The van der Waals surface area contributed by atoms with Crippen LogP contribution in [0.5, 0.6) is 0 Å². The molecule has 4 heteroatoms. The first-order chi connectivity index (χ1) is 4.54. The van der Waals surface area contributed by atoms with Gasteiger partial charge in [-0.3, -0.25) is 4.79 Å². The van der Waals surface area contributed by atoms with Crippen molar-refractivity contribution >= 4 is 11.9 Å². The lowest BCUT2D eigenvalue weighted by molar-refractivity contribution is -0.304. The van der Waals surface area contributed by atoms with Crippen molar-refractivity contribution in [2.24, 2.45) is 5.92 Å². The standard InChI is InChI=1S/C6H11NO3/c1-4(2)6(10)7-3-5(8)9/h4H,3H2,1-2H3,(H,7,10)(H,8,9)/p-1. The van der Waals surface area contributed by atoms with Crippen molar-refractivity contribution in [2.45, 2.75) is 13.8 Å². The predicted molar refractivity (Wildman–Crippen MR) is 32.9 cm³/mol. The van der Waals surface area contributed by atoms with E-state index in [1.165, 1.54) is 0 Å². The van der Waals surface area contributed by atoms with E-state index in [0.717, 1.165) is 0 Å². The average molecular weight is 144 g/mol. The number of nitrogens with one attached hydrogen (secondary N) is 1. The summed E-state index contributed by atoms with van der Waals surface area (Å²) in [5.74, 6) is -1.72. The van der Waals surface area contributed by atoms with Crippen LogP contribution in [0.3, 0.4) is 0 Å². The van der Waals surface area contributed by atoms with Crippen LogP contribution in [0.15, 0.2) is 0 Å². The van der Waals surface area contributed by atoms with Crippen LogP contribution >= 0.6 is 0 Å². The molecule has 0 saturated carbocycles. The lowest BCUT2D eigenvalue weighted by Gasteiger charge is -2.06. The summed E-state index contributed by atoms with van der Waals surface area (Å²) in [6.45, 7) is 2.96. The minimum Gasteiger partial charge on any atom is -0.548 e. The van der Waals surface area contributed by atoms with E-state index in [-0.39, 0.29) is 11.8 Å². The first-order valence-corrected chi connectivity index (χ1v) is 3.01. The van der Waals surface area contributed by atoms with E-state index in [4.69, 9.17) is 0 Å². The van der Waals surface area contributed by atoms with Crippen molar-refractivity contribution in [3.8, 4) is 0 Å². The summed E-state index contributed by atoms with van der Waals surface area (Å²) in [5, 5.41) is 12.0. The van der Waals surface area contributed by atoms with Gasteiger partial charge in [-0.1, -0.05) is 13.8 Å². The number of carboxylic acid groups (broad SMARTS) is 1. The maximum Gasteiger partial charge on any atom is 0.222 e. The second kappa shape index (κ2) is 3.87. The second-order valence-corrected chi connectivity index (χ2v) is 2.24. The minimum atomic E-state index is -1.27. The van der Waals surface area contributed by atoms with Crippen LogP contribution in [-0.2, 0) is 9.59 Å². The fraction of sp³-hybridized carbons (Fsp3) is 0.667. The lowest BCUT2D eigenvalue weighted by atomic mass is 10.2. The van der Waals surface area contributed by atoms with Gasteiger partial charge in [-0.25, -0.2) is 0 Å². The van der Waals surface area contributed by atoms with Crippen molar-refractivity contribution in [1.29, 1.82) is 0 Å². The molecule has 0 unspecified atom stereocenters. The SMILES string of the molecule is CC(C)C(=O)NCC(=O)[O-]. The molecular formula is C6H10NO3-. The molecule has 0 atom stereocenters. The zero-order valence-electron chi connectivity index (χ0n) is 6.01. The molecule has 0 aliphatic heterocycles. The Balaban J connectivity index is 3.50. The van der Waals surface area contributed by atoms with Gasteiger partial charge in [-0.15, -0.1) is 0 Å². The van der Waals surface area contributed by atoms with Gasteiger partial charge in [0, 0.05) is 5.92 Å². The predicted octanol–water partition coefficient (Wildman–Crippen LogP) is -1.49. The molecule has 4 nitrogen and oxygen atoms in total. The van der Waals surface area contributed by atoms with Crippen LogP contribution in [0.2, 0.25) is 0 Å². The van der Waals surface area contributed by atoms with Crippen molar-refractivity contribution in [2.75, 3.05) is 6.54 Å². The summed E-state index contributed by atoms with van der Waals surface area (Å²) in [4.78, 5) is 20.4. The van der Waals surface area contributed by atoms with Gasteiger partial charge < -0.3 is 15.2 Å². The van der Waals surface area contributed by atoms with Gasteiger partial charge in [-0.2, -0.15) is 0 Å². The topological polar surface area (TPSA) is 69.2 Å². The molecule has 0 fully saturated rings. The molecule has 0 aromatic rings. The van der Waals surface area contributed by atoms with E-state index in [2.05, 4.69) is 5.32 Å². The molecule has 0 rings (SSSR count). The number of aliphatic carboxylic acids is 1. The van der Waals surface area contributed by atoms with Gasteiger partial charge in [0.15, 0.2) is 0 Å². The highest BCUT2D eigenvalue weighted by Gasteiger charge is 2.04. The first-order valence-electron chi connectivity index (χ1n) is 3.01. The fourth-order valence-corrected chi connectivity index (χ4v) is 0.363. The molecule has 0 aromatic heterocycles. The van der Waals surface area contributed by atoms with E-state index in [1.54, 1.807) is 13.8 Å². The van der Waals surface area contributed by atoms with Crippen LogP contribution in [0.25, 0.3) is 0 Å². The Morgan fingerprint density at radius 1 is 1.50 bits per heavy atom. The maximum atomic E-state index is 10.6. The largest absolute Gasteiger partial charge is 0.548 e. The monoisotopic (exact) mass is 144 g/mol. The van der Waals surface area contributed by atoms with Crippen LogP contribution in [-0.4, -0.2) is 18.4 Å². The van der Waals surface area contributed by atoms with Gasteiger partial charge in [-0.05, 0) is 0 Å². The molecule has 0 aliphatic carbocycles. The number of carbonyl (C=O) groups excluding carboxylic acids is 2. The van der Waals surface area contributed by atoms with E-state index < -0.39 is 12.5 Å². The highest BCUT2D eigenvalue weighted by Crippen LogP contribution is 1.88. The smallest absolute Gasteiger partial charge is 0.222 e. The molecule has 0 heterocycles. The van der Waals surface area contributed by atoms with Gasteiger partial charge in [0.2, 0.25) is 5.91 Å². The number of amides is 1. The molecule has 10 heavy (non-hydrogen) atoms. The van der Waals surface area contributed by atoms with Gasteiger partial charge in [0.25, 0.3) is 0 Å². The molecule has 1 amide bonds. The number of hydrogen-bond donors (Lipinski definition) is 1. The fourth-order valence-electron chi connectivity index (χ4n) is 0.363. The zero-order valence-corrected chi connectivity index (χ0v) is 6.01. The summed E-state index contributed by atoms with van der Waals surface area (Å²) >= 11 is 0.